The van der Waals surface area contributed by atoms with Crippen LogP contribution in [-0.2, 0) is 0 Å². The number of nitrogens with one attached hydrogen (secondary N) is 1. The summed E-state index contributed by atoms with van der Waals surface area (Å²) in [5.74, 6) is 1.24. The van der Waals surface area contributed by atoms with E-state index in [-0.39, 0.29) is 6.04 Å². The molecule has 2 fully saturated rings. The summed E-state index contributed by atoms with van der Waals surface area (Å²) in [5.41, 5.74) is 0.819. The van der Waals surface area contributed by atoms with E-state index in [0.29, 0.717) is 5.92 Å². The van der Waals surface area contributed by atoms with E-state index in [0.717, 1.165) is 31.6 Å². The Bertz CT molecular complexity index is 427. The molecule has 1 aliphatic carbocycles. The van der Waals surface area contributed by atoms with Gasteiger partial charge in [-0.2, -0.15) is 0 Å². The Labute approximate surface area is 115 Å². The third-order valence-corrected chi connectivity index (χ3v) is 4.86. The van der Waals surface area contributed by atoms with Gasteiger partial charge in [-0.1, -0.05) is 25.0 Å². The Morgan fingerprint density at radius 1 is 1.21 bits per heavy atom. The average molecular weight is 261 g/mol. The molecule has 1 saturated carbocycles. The number of hydrogen-bond donors (Lipinski definition) is 2. The smallest absolute Gasteiger partial charge is 0.118 e. The lowest BCUT2D eigenvalue weighted by Crippen LogP contribution is -2.53. The van der Waals surface area contributed by atoms with Crippen molar-refractivity contribution in [3.8, 4) is 5.75 Å². The van der Waals surface area contributed by atoms with E-state index >= 15 is 0 Å². The zero-order valence-electron chi connectivity index (χ0n) is 11.6. The van der Waals surface area contributed by atoms with Crippen LogP contribution in [0.1, 0.15) is 43.7 Å². The van der Waals surface area contributed by atoms with E-state index in [4.69, 9.17) is 4.74 Å². The van der Waals surface area contributed by atoms with Crippen molar-refractivity contribution < 1.29 is 9.84 Å². The van der Waals surface area contributed by atoms with Gasteiger partial charge in [-0.15, -0.1) is 0 Å². The van der Waals surface area contributed by atoms with E-state index in [9.17, 15) is 5.11 Å². The molecule has 1 heterocycles. The van der Waals surface area contributed by atoms with Crippen LogP contribution in [-0.4, -0.2) is 24.4 Å². The third kappa shape index (κ3) is 2.37. The molecule has 2 aliphatic rings. The van der Waals surface area contributed by atoms with Gasteiger partial charge in [0.15, 0.2) is 0 Å². The highest BCUT2D eigenvalue weighted by Gasteiger charge is 2.45. The first-order valence-electron chi connectivity index (χ1n) is 7.33. The standard InChI is InChI=1S/C16H23NO2/c1-19-13-7-5-12(6-8-13)15-14-4-2-3-9-16(14,18)10-11-17-15/h5-8,14-15,17-18H,2-4,9-11H2,1H3/t14-,15+,16+/m1/s1. The quantitative estimate of drug-likeness (QED) is 0.860. The first-order chi connectivity index (χ1) is 9.23. The average Bonchev–Trinajstić information content (AvgIpc) is 2.46. The predicted octanol–water partition coefficient (Wildman–Crippen LogP) is 2.65. The van der Waals surface area contributed by atoms with Crippen molar-refractivity contribution in [1.29, 1.82) is 0 Å². The Hall–Kier alpha value is -1.06. The molecule has 0 radical (unpaired) electrons. The molecule has 3 nitrogen and oxygen atoms in total. The Balaban J connectivity index is 1.85. The molecule has 0 amide bonds. The summed E-state index contributed by atoms with van der Waals surface area (Å²) in [6.07, 6.45) is 5.39. The van der Waals surface area contributed by atoms with Crippen LogP contribution in [0.15, 0.2) is 24.3 Å². The summed E-state index contributed by atoms with van der Waals surface area (Å²) >= 11 is 0. The number of hydrogen-bond acceptors (Lipinski definition) is 3. The molecule has 3 rings (SSSR count). The molecule has 2 N–H and O–H groups in total. The number of benzene rings is 1. The van der Waals surface area contributed by atoms with Gasteiger partial charge < -0.3 is 15.2 Å². The number of aliphatic hydroxyl groups is 1. The second kappa shape index (κ2) is 5.14. The molecule has 1 aliphatic heterocycles. The Kier molecular flexibility index (Phi) is 3.50. The van der Waals surface area contributed by atoms with Crippen molar-refractivity contribution in [3.05, 3.63) is 29.8 Å². The monoisotopic (exact) mass is 261 g/mol. The van der Waals surface area contributed by atoms with Crippen molar-refractivity contribution in [2.45, 2.75) is 43.7 Å². The van der Waals surface area contributed by atoms with Crippen molar-refractivity contribution in [2.75, 3.05) is 13.7 Å². The van der Waals surface area contributed by atoms with Gasteiger partial charge in [-0.05, 0) is 43.5 Å². The fourth-order valence-electron chi connectivity index (χ4n) is 3.78. The van der Waals surface area contributed by atoms with E-state index in [1.807, 2.05) is 12.1 Å². The summed E-state index contributed by atoms with van der Waals surface area (Å²) in [5, 5.41) is 14.5. The fraction of sp³-hybridized carbons (Fsp3) is 0.625. The van der Waals surface area contributed by atoms with Crippen LogP contribution in [0.2, 0.25) is 0 Å². The first kappa shape index (κ1) is 12.9. The second-order valence-corrected chi connectivity index (χ2v) is 5.91. The second-order valence-electron chi connectivity index (χ2n) is 5.91. The molecule has 3 heteroatoms. The maximum Gasteiger partial charge on any atom is 0.118 e. The maximum atomic E-state index is 10.9. The van der Waals surface area contributed by atoms with Gasteiger partial charge in [0.2, 0.25) is 0 Å². The van der Waals surface area contributed by atoms with E-state index in [2.05, 4.69) is 17.4 Å². The summed E-state index contributed by atoms with van der Waals surface area (Å²) < 4.78 is 5.21. The van der Waals surface area contributed by atoms with Crippen molar-refractivity contribution in [1.82, 2.24) is 5.32 Å². The highest BCUT2D eigenvalue weighted by Crippen LogP contribution is 2.45. The third-order valence-electron chi connectivity index (χ3n) is 4.86. The summed E-state index contributed by atoms with van der Waals surface area (Å²) in [4.78, 5) is 0. The summed E-state index contributed by atoms with van der Waals surface area (Å²) in [6.45, 7) is 0.906. The van der Waals surface area contributed by atoms with Crippen LogP contribution >= 0.6 is 0 Å². The first-order valence-corrected chi connectivity index (χ1v) is 7.33. The topological polar surface area (TPSA) is 41.5 Å². The molecular weight excluding hydrogens is 238 g/mol. The number of ether oxygens (including phenoxy) is 1. The minimum atomic E-state index is -0.450. The molecule has 0 spiro atoms. The summed E-state index contributed by atoms with van der Waals surface area (Å²) in [6, 6.07) is 8.54. The van der Waals surface area contributed by atoms with Gasteiger partial charge >= 0.3 is 0 Å². The van der Waals surface area contributed by atoms with E-state index in [1.54, 1.807) is 7.11 Å². The molecule has 1 aromatic carbocycles. The molecule has 19 heavy (non-hydrogen) atoms. The lowest BCUT2D eigenvalue weighted by atomic mass is 9.67. The van der Waals surface area contributed by atoms with Crippen LogP contribution in [0.3, 0.4) is 0 Å². The number of fused-ring (bicyclic) bond motifs is 1. The van der Waals surface area contributed by atoms with Gasteiger partial charge in [-0.3, -0.25) is 0 Å². The largest absolute Gasteiger partial charge is 0.497 e. The minimum absolute atomic E-state index is 0.282. The van der Waals surface area contributed by atoms with Crippen LogP contribution < -0.4 is 10.1 Å². The molecule has 104 valence electrons. The van der Waals surface area contributed by atoms with Gasteiger partial charge in [0.1, 0.15) is 5.75 Å². The van der Waals surface area contributed by atoms with Crippen LogP contribution in [0, 0.1) is 5.92 Å². The van der Waals surface area contributed by atoms with Gasteiger partial charge in [0, 0.05) is 12.0 Å². The summed E-state index contributed by atoms with van der Waals surface area (Å²) in [7, 11) is 1.69. The van der Waals surface area contributed by atoms with E-state index in [1.165, 1.54) is 18.4 Å². The number of piperidine rings is 1. The highest BCUT2D eigenvalue weighted by atomic mass is 16.5. The van der Waals surface area contributed by atoms with Crippen molar-refractivity contribution in [3.63, 3.8) is 0 Å². The van der Waals surface area contributed by atoms with Crippen molar-refractivity contribution >= 4 is 0 Å². The Morgan fingerprint density at radius 3 is 2.74 bits per heavy atom. The molecular formula is C16H23NO2. The number of methoxy groups -OCH3 is 1. The Morgan fingerprint density at radius 2 is 2.00 bits per heavy atom. The highest BCUT2D eigenvalue weighted by molar-refractivity contribution is 5.30. The molecule has 0 bridgehead atoms. The van der Waals surface area contributed by atoms with Crippen LogP contribution in [0.4, 0.5) is 0 Å². The minimum Gasteiger partial charge on any atom is -0.497 e. The molecule has 1 saturated heterocycles. The van der Waals surface area contributed by atoms with Crippen molar-refractivity contribution in [2.24, 2.45) is 5.92 Å². The zero-order chi connectivity index (χ0) is 13.3. The normalized spacial score (nSPS) is 34.6. The van der Waals surface area contributed by atoms with Crippen LogP contribution in [0.25, 0.3) is 0 Å². The zero-order valence-corrected chi connectivity index (χ0v) is 11.6. The van der Waals surface area contributed by atoms with Crippen LogP contribution in [0.5, 0.6) is 5.75 Å². The number of rotatable bonds is 2. The molecule has 1 aromatic rings. The SMILES string of the molecule is COc1ccc([C@@H]2NCC[C@@]3(O)CCCC[C@H]23)cc1. The van der Waals surface area contributed by atoms with E-state index < -0.39 is 5.60 Å². The fourth-order valence-corrected chi connectivity index (χ4v) is 3.78. The lowest BCUT2D eigenvalue weighted by molar-refractivity contribution is -0.0861. The molecule has 0 aromatic heterocycles. The lowest BCUT2D eigenvalue weighted by Gasteiger charge is -2.48. The predicted molar refractivity (Wildman–Crippen MR) is 75.3 cm³/mol. The van der Waals surface area contributed by atoms with Gasteiger partial charge in [0.25, 0.3) is 0 Å². The van der Waals surface area contributed by atoms with Gasteiger partial charge in [0.05, 0.1) is 12.7 Å². The molecule has 3 atom stereocenters. The maximum absolute atomic E-state index is 10.9. The van der Waals surface area contributed by atoms with Gasteiger partial charge in [-0.25, -0.2) is 0 Å². The molecule has 0 unspecified atom stereocenters.